The largest absolute Gasteiger partial charge is 0.450 e. The smallest absolute Gasteiger partial charge is 0.409 e. The molecule has 1 aromatic heterocycles. The topological polar surface area (TPSA) is 115 Å². The summed E-state index contributed by atoms with van der Waals surface area (Å²) in [4.78, 5) is 25.8. The second-order valence-electron chi connectivity index (χ2n) is 5.00. The van der Waals surface area contributed by atoms with E-state index in [0.29, 0.717) is 44.0 Å². The molecule has 0 unspecified atom stereocenters. The second-order valence-corrected chi connectivity index (χ2v) is 5.00. The van der Waals surface area contributed by atoms with Gasteiger partial charge >= 0.3 is 11.8 Å². The Morgan fingerprint density at radius 2 is 2.00 bits per heavy atom. The number of rotatable bonds is 3. The van der Waals surface area contributed by atoms with Gasteiger partial charge in [0.2, 0.25) is 5.52 Å². The Kier molecular flexibility index (Phi) is 3.96. The van der Waals surface area contributed by atoms with Gasteiger partial charge in [-0.25, -0.2) is 9.42 Å². The lowest BCUT2D eigenvalue weighted by molar-refractivity contribution is -0.383. The van der Waals surface area contributed by atoms with E-state index in [-0.39, 0.29) is 17.3 Å². The van der Waals surface area contributed by atoms with Gasteiger partial charge in [0.1, 0.15) is 0 Å². The molecule has 2 aromatic rings. The van der Waals surface area contributed by atoms with Crippen LogP contribution in [0.4, 0.5) is 16.2 Å². The fourth-order valence-electron chi connectivity index (χ4n) is 2.59. The van der Waals surface area contributed by atoms with Crippen molar-refractivity contribution in [1.82, 2.24) is 15.2 Å². The van der Waals surface area contributed by atoms with Gasteiger partial charge in [-0.15, -0.1) is 0 Å². The van der Waals surface area contributed by atoms with E-state index in [9.17, 15) is 14.9 Å². The van der Waals surface area contributed by atoms with E-state index in [1.165, 1.54) is 6.07 Å². The second kappa shape index (κ2) is 6.07. The predicted octanol–water partition coefficient (Wildman–Crippen LogP) is 1.41. The Bertz CT molecular complexity index is 737. The van der Waals surface area contributed by atoms with E-state index in [1.54, 1.807) is 17.9 Å². The molecule has 0 saturated carbocycles. The zero-order chi connectivity index (χ0) is 16.4. The minimum absolute atomic E-state index is 0.125. The molecule has 122 valence electrons. The summed E-state index contributed by atoms with van der Waals surface area (Å²) in [7, 11) is 0. The van der Waals surface area contributed by atoms with Crippen LogP contribution in [0.1, 0.15) is 6.92 Å². The van der Waals surface area contributed by atoms with Crippen molar-refractivity contribution in [3.63, 3.8) is 0 Å². The molecule has 1 aliphatic rings. The van der Waals surface area contributed by atoms with Crippen molar-refractivity contribution in [2.24, 2.45) is 0 Å². The molecule has 10 nitrogen and oxygen atoms in total. The number of ether oxygens (including phenoxy) is 1. The number of aromatic nitrogens is 2. The summed E-state index contributed by atoms with van der Waals surface area (Å²) < 4.78 is 9.64. The third kappa shape index (κ3) is 2.74. The highest BCUT2D eigenvalue weighted by atomic mass is 16.6. The number of benzene rings is 1. The van der Waals surface area contributed by atoms with Crippen LogP contribution in [0.2, 0.25) is 0 Å². The van der Waals surface area contributed by atoms with Crippen LogP contribution in [0.25, 0.3) is 11.0 Å². The fourth-order valence-corrected chi connectivity index (χ4v) is 2.59. The monoisotopic (exact) mass is 321 g/mol. The highest BCUT2D eigenvalue weighted by Gasteiger charge is 2.26. The number of nitrogens with zero attached hydrogens (tertiary/aromatic N) is 5. The summed E-state index contributed by atoms with van der Waals surface area (Å²) in [5, 5.41) is 18.4. The number of hydrogen-bond donors (Lipinski definition) is 0. The van der Waals surface area contributed by atoms with Crippen LogP contribution in [0.5, 0.6) is 0 Å². The maximum absolute atomic E-state index is 11.7. The number of nitro benzene ring substituents is 1. The first-order chi connectivity index (χ1) is 11.1. The lowest BCUT2D eigenvalue weighted by Crippen LogP contribution is -2.49. The Hall–Kier alpha value is -2.91. The fraction of sp³-hybridized carbons (Fsp3) is 0.462. The van der Waals surface area contributed by atoms with Crippen molar-refractivity contribution in [3.8, 4) is 0 Å². The molecule has 1 aromatic carbocycles. The molecule has 1 amide bonds. The molecule has 1 saturated heterocycles. The number of nitro groups is 1. The predicted molar refractivity (Wildman–Crippen MR) is 79.3 cm³/mol. The summed E-state index contributed by atoms with van der Waals surface area (Å²) in [5.74, 6) is 0. The molecule has 0 spiro atoms. The van der Waals surface area contributed by atoms with Gasteiger partial charge in [-0.05, 0) is 23.3 Å². The van der Waals surface area contributed by atoms with Crippen LogP contribution in [-0.2, 0) is 4.74 Å². The molecule has 0 atom stereocenters. The van der Waals surface area contributed by atoms with E-state index in [1.807, 2.05) is 4.90 Å². The van der Waals surface area contributed by atoms with Crippen molar-refractivity contribution < 1.29 is 19.1 Å². The molecular formula is C13H15N5O5. The lowest BCUT2D eigenvalue weighted by atomic mass is 10.2. The van der Waals surface area contributed by atoms with E-state index < -0.39 is 4.92 Å². The zero-order valence-corrected chi connectivity index (χ0v) is 12.5. The van der Waals surface area contributed by atoms with Crippen LogP contribution < -0.4 is 4.90 Å². The Balaban J connectivity index is 1.80. The molecule has 23 heavy (non-hydrogen) atoms. The first-order valence-electron chi connectivity index (χ1n) is 7.18. The van der Waals surface area contributed by atoms with E-state index in [2.05, 4.69) is 14.9 Å². The zero-order valence-electron chi connectivity index (χ0n) is 12.5. The highest BCUT2D eigenvalue weighted by molar-refractivity contribution is 5.93. The first-order valence-corrected chi connectivity index (χ1v) is 7.18. The van der Waals surface area contributed by atoms with Crippen molar-refractivity contribution >= 4 is 28.5 Å². The number of carbonyl (C=O) groups excluding carboxylic acids is 1. The molecule has 0 bridgehead atoms. The molecule has 10 heteroatoms. The van der Waals surface area contributed by atoms with Gasteiger partial charge in [-0.3, -0.25) is 10.1 Å². The lowest BCUT2D eigenvalue weighted by Gasteiger charge is -2.35. The number of hydrogen-bond acceptors (Lipinski definition) is 8. The third-order valence-electron chi connectivity index (χ3n) is 3.72. The maximum Gasteiger partial charge on any atom is 0.409 e. The van der Waals surface area contributed by atoms with Gasteiger partial charge in [0.15, 0.2) is 5.52 Å². The van der Waals surface area contributed by atoms with Gasteiger partial charge in [0, 0.05) is 32.2 Å². The third-order valence-corrected chi connectivity index (χ3v) is 3.72. The number of amides is 1. The van der Waals surface area contributed by atoms with Gasteiger partial charge in [0.05, 0.1) is 17.2 Å². The number of anilines is 1. The number of piperazine rings is 1. The van der Waals surface area contributed by atoms with Gasteiger partial charge in [-0.1, -0.05) is 0 Å². The van der Waals surface area contributed by atoms with Crippen molar-refractivity contribution in [1.29, 1.82) is 0 Å². The first kappa shape index (κ1) is 15.0. The van der Waals surface area contributed by atoms with Crippen LogP contribution in [-0.4, -0.2) is 59.0 Å². The average Bonchev–Trinajstić information content (AvgIpc) is 3.03. The summed E-state index contributed by atoms with van der Waals surface area (Å²) in [6.07, 6.45) is -0.330. The Morgan fingerprint density at radius 3 is 2.65 bits per heavy atom. The van der Waals surface area contributed by atoms with Gasteiger partial charge in [-0.2, -0.15) is 0 Å². The van der Waals surface area contributed by atoms with Crippen LogP contribution >= 0.6 is 0 Å². The molecule has 0 aliphatic carbocycles. The number of non-ortho nitro benzene ring substituents is 1. The number of fused-ring (bicyclic) bond motifs is 1. The Morgan fingerprint density at radius 1 is 1.30 bits per heavy atom. The quantitative estimate of drug-likeness (QED) is 0.615. The Labute approximate surface area is 130 Å². The van der Waals surface area contributed by atoms with Gasteiger partial charge < -0.3 is 14.5 Å². The molecule has 3 rings (SSSR count). The van der Waals surface area contributed by atoms with E-state index >= 15 is 0 Å². The molecule has 2 heterocycles. The summed E-state index contributed by atoms with van der Waals surface area (Å²) in [6.45, 7) is 4.24. The standard InChI is InChI=1S/C13H15N5O5/c1-2-22-13(19)17-7-5-16(6-8-17)9-3-4-10(18(20)21)12-11(9)14-23-15-12/h3-4H,2,5-8H2,1H3. The van der Waals surface area contributed by atoms with E-state index in [4.69, 9.17) is 4.74 Å². The van der Waals surface area contributed by atoms with Crippen LogP contribution in [0.3, 0.4) is 0 Å². The van der Waals surface area contributed by atoms with Gasteiger partial charge in [0.25, 0.3) is 0 Å². The molecule has 0 radical (unpaired) electrons. The minimum atomic E-state index is -0.519. The van der Waals surface area contributed by atoms with E-state index in [0.717, 1.165) is 0 Å². The summed E-state index contributed by atoms with van der Waals surface area (Å²) >= 11 is 0. The number of carbonyl (C=O) groups is 1. The summed E-state index contributed by atoms with van der Waals surface area (Å²) in [6, 6.07) is 3.02. The minimum Gasteiger partial charge on any atom is -0.450 e. The molecule has 1 fully saturated rings. The maximum atomic E-state index is 11.7. The molecular weight excluding hydrogens is 306 g/mol. The van der Waals surface area contributed by atoms with Crippen LogP contribution in [0, 0.1) is 10.1 Å². The normalized spacial score (nSPS) is 15.0. The highest BCUT2D eigenvalue weighted by Crippen LogP contribution is 2.31. The van der Waals surface area contributed by atoms with Crippen LogP contribution in [0.15, 0.2) is 16.8 Å². The molecule has 1 aliphatic heterocycles. The van der Waals surface area contributed by atoms with Crippen molar-refractivity contribution in [3.05, 3.63) is 22.2 Å². The average molecular weight is 321 g/mol. The SMILES string of the molecule is CCOC(=O)N1CCN(c2ccc([N+](=O)[O-])c3nonc23)CC1. The summed E-state index contributed by atoms with van der Waals surface area (Å²) in [5.41, 5.74) is 1.04. The van der Waals surface area contributed by atoms with Crippen molar-refractivity contribution in [2.45, 2.75) is 6.92 Å². The van der Waals surface area contributed by atoms with Crippen molar-refractivity contribution in [2.75, 3.05) is 37.7 Å². The molecule has 0 N–H and O–H groups in total.